The molecule has 0 saturated heterocycles. The summed E-state index contributed by atoms with van der Waals surface area (Å²) in [7, 11) is 5.28. The molecule has 1 unspecified atom stereocenters. The van der Waals surface area contributed by atoms with Crippen LogP contribution in [0.4, 0.5) is 0 Å². The Morgan fingerprint density at radius 3 is 2.54 bits per heavy atom. The Bertz CT molecular complexity index is 200. The standard InChI is InChI=1S/C9H18N2S2/c1-5-9(11-4)13-12-8(10)6-7(2)3/h9,11H,5,10H2,1-4H3. The Balaban J connectivity index is 3.95. The van der Waals surface area contributed by atoms with E-state index in [9.17, 15) is 0 Å². The number of rotatable bonds is 5. The molecule has 76 valence electrons. The predicted octanol–water partition coefficient (Wildman–Crippen LogP) is 2.69. The molecule has 0 spiro atoms. The number of allylic oxidation sites excluding steroid dienone is 1. The molecule has 0 amide bonds. The van der Waals surface area contributed by atoms with Gasteiger partial charge in [-0.3, -0.25) is 0 Å². The molecule has 4 heteroatoms. The van der Waals surface area contributed by atoms with Crippen molar-refractivity contribution < 1.29 is 0 Å². The minimum absolute atomic E-state index is 0.461. The van der Waals surface area contributed by atoms with Crippen molar-refractivity contribution in [1.29, 1.82) is 0 Å². The number of hydrogen-bond donors (Lipinski definition) is 2. The van der Waals surface area contributed by atoms with E-state index in [1.807, 2.05) is 20.9 Å². The van der Waals surface area contributed by atoms with Gasteiger partial charge in [0.05, 0.1) is 5.37 Å². The van der Waals surface area contributed by atoms with Crippen molar-refractivity contribution in [3.63, 3.8) is 0 Å². The third-order valence-corrected chi connectivity index (χ3v) is 4.02. The van der Waals surface area contributed by atoms with Crippen LogP contribution in [0.1, 0.15) is 27.2 Å². The molecule has 0 fully saturated rings. The van der Waals surface area contributed by atoms with Crippen LogP contribution in [0.25, 0.3) is 0 Å². The van der Waals surface area contributed by atoms with Crippen LogP contribution in [-0.4, -0.2) is 12.4 Å². The average Bonchev–Trinajstić information content (AvgIpc) is 2.05. The predicted molar refractivity (Wildman–Crippen MR) is 64.4 cm³/mol. The lowest BCUT2D eigenvalue weighted by Gasteiger charge is -2.10. The molecule has 0 radical (unpaired) electrons. The zero-order chi connectivity index (χ0) is 10.3. The second-order valence-corrected chi connectivity index (χ2v) is 5.30. The van der Waals surface area contributed by atoms with Gasteiger partial charge in [0.2, 0.25) is 0 Å². The molecule has 0 rings (SSSR count). The van der Waals surface area contributed by atoms with Gasteiger partial charge < -0.3 is 11.1 Å². The first-order valence-corrected chi connectivity index (χ1v) is 6.51. The van der Waals surface area contributed by atoms with Gasteiger partial charge in [0, 0.05) is 0 Å². The SMILES string of the molecule is CCC(NC)SSC(N)=C=C(C)C. The summed E-state index contributed by atoms with van der Waals surface area (Å²) in [5.74, 6) is 0. The van der Waals surface area contributed by atoms with Gasteiger partial charge in [-0.1, -0.05) is 23.4 Å². The maximum Gasteiger partial charge on any atom is 0.120 e. The van der Waals surface area contributed by atoms with Gasteiger partial charge in [-0.05, 0) is 43.7 Å². The van der Waals surface area contributed by atoms with Crippen molar-refractivity contribution in [2.24, 2.45) is 5.73 Å². The molecule has 0 aliphatic carbocycles. The maximum atomic E-state index is 5.73. The van der Waals surface area contributed by atoms with E-state index >= 15 is 0 Å². The summed E-state index contributed by atoms with van der Waals surface area (Å²) < 4.78 is 0. The quantitative estimate of drug-likeness (QED) is 0.423. The van der Waals surface area contributed by atoms with Crippen LogP contribution >= 0.6 is 21.6 Å². The van der Waals surface area contributed by atoms with E-state index in [4.69, 9.17) is 5.73 Å². The minimum Gasteiger partial charge on any atom is -0.386 e. The molecule has 13 heavy (non-hydrogen) atoms. The Morgan fingerprint density at radius 2 is 2.15 bits per heavy atom. The smallest absolute Gasteiger partial charge is 0.120 e. The van der Waals surface area contributed by atoms with Gasteiger partial charge in [0.15, 0.2) is 0 Å². The highest BCUT2D eigenvalue weighted by atomic mass is 33.1. The summed E-state index contributed by atoms with van der Waals surface area (Å²) in [5.41, 5.74) is 9.92. The molecule has 0 heterocycles. The van der Waals surface area contributed by atoms with Gasteiger partial charge in [0.25, 0.3) is 0 Å². The summed E-state index contributed by atoms with van der Waals surface area (Å²) >= 11 is 0. The van der Waals surface area contributed by atoms with E-state index in [1.165, 1.54) is 0 Å². The molecule has 0 aromatic rings. The van der Waals surface area contributed by atoms with Crippen LogP contribution in [0.3, 0.4) is 0 Å². The minimum atomic E-state index is 0.461. The van der Waals surface area contributed by atoms with Crippen molar-refractivity contribution in [3.05, 3.63) is 16.3 Å². The summed E-state index contributed by atoms with van der Waals surface area (Å²) in [6.45, 7) is 6.14. The van der Waals surface area contributed by atoms with Gasteiger partial charge >= 0.3 is 0 Å². The van der Waals surface area contributed by atoms with E-state index in [0.29, 0.717) is 5.37 Å². The van der Waals surface area contributed by atoms with Crippen molar-refractivity contribution in [1.82, 2.24) is 5.32 Å². The molecule has 0 aliphatic heterocycles. The first-order chi connectivity index (χ1) is 6.10. The van der Waals surface area contributed by atoms with E-state index in [0.717, 1.165) is 17.0 Å². The Labute approximate surface area is 88.8 Å². The fourth-order valence-corrected chi connectivity index (χ4v) is 2.88. The Hall–Kier alpha value is -0.0200. The maximum absolute atomic E-state index is 5.73. The zero-order valence-corrected chi connectivity index (χ0v) is 10.3. The fraction of sp³-hybridized carbons (Fsp3) is 0.667. The van der Waals surface area contributed by atoms with Gasteiger partial charge in [-0.2, -0.15) is 0 Å². The topological polar surface area (TPSA) is 38.0 Å². The lowest BCUT2D eigenvalue weighted by molar-refractivity contribution is 0.722. The van der Waals surface area contributed by atoms with Crippen molar-refractivity contribution >= 4 is 21.6 Å². The Kier molecular flexibility index (Phi) is 7.38. The summed E-state index contributed by atoms with van der Waals surface area (Å²) in [6, 6.07) is 0. The highest BCUT2D eigenvalue weighted by Gasteiger charge is 2.03. The zero-order valence-electron chi connectivity index (χ0n) is 8.68. The van der Waals surface area contributed by atoms with Crippen LogP contribution in [0.5, 0.6) is 0 Å². The second-order valence-electron chi connectivity index (χ2n) is 2.85. The van der Waals surface area contributed by atoms with Crippen LogP contribution in [0.2, 0.25) is 0 Å². The molecule has 1 atom stereocenters. The highest BCUT2D eigenvalue weighted by Crippen LogP contribution is 2.30. The monoisotopic (exact) mass is 218 g/mol. The number of nitrogens with two attached hydrogens (primary N) is 1. The molecule has 0 aliphatic rings. The van der Waals surface area contributed by atoms with Gasteiger partial charge in [-0.25, -0.2) is 0 Å². The molecular formula is C9H18N2S2. The van der Waals surface area contributed by atoms with E-state index in [2.05, 4.69) is 18.0 Å². The van der Waals surface area contributed by atoms with Crippen molar-refractivity contribution in [3.8, 4) is 0 Å². The third-order valence-electron chi connectivity index (χ3n) is 1.32. The van der Waals surface area contributed by atoms with Crippen LogP contribution in [0.15, 0.2) is 16.3 Å². The first kappa shape index (κ1) is 13.0. The van der Waals surface area contributed by atoms with Gasteiger partial charge in [-0.15, -0.1) is 0 Å². The van der Waals surface area contributed by atoms with E-state index in [-0.39, 0.29) is 0 Å². The van der Waals surface area contributed by atoms with Gasteiger partial charge in [0.1, 0.15) is 5.03 Å². The molecule has 0 aromatic heterocycles. The largest absolute Gasteiger partial charge is 0.386 e. The lowest BCUT2D eigenvalue weighted by atomic mass is 10.4. The molecule has 0 saturated carbocycles. The normalized spacial score (nSPS) is 12.0. The lowest BCUT2D eigenvalue weighted by Crippen LogP contribution is -2.19. The Morgan fingerprint density at radius 1 is 1.54 bits per heavy atom. The van der Waals surface area contributed by atoms with E-state index in [1.54, 1.807) is 21.6 Å². The summed E-state index contributed by atoms with van der Waals surface area (Å²) in [4.78, 5) is 0. The average molecular weight is 218 g/mol. The molecular weight excluding hydrogens is 200 g/mol. The van der Waals surface area contributed by atoms with Crippen molar-refractivity contribution in [2.45, 2.75) is 32.6 Å². The van der Waals surface area contributed by atoms with Crippen LogP contribution in [0, 0.1) is 0 Å². The van der Waals surface area contributed by atoms with Crippen LogP contribution < -0.4 is 11.1 Å². The second kappa shape index (κ2) is 7.39. The highest BCUT2D eigenvalue weighted by molar-refractivity contribution is 8.78. The molecule has 3 N–H and O–H groups in total. The summed E-state index contributed by atoms with van der Waals surface area (Å²) in [5, 5.41) is 4.41. The third kappa shape index (κ3) is 7.08. The fourth-order valence-electron chi connectivity index (χ4n) is 0.697. The molecule has 0 bridgehead atoms. The van der Waals surface area contributed by atoms with Crippen molar-refractivity contribution in [2.75, 3.05) is 7.05 Å². The summed E-state index contributed by atoms with van der Waals surface area (Å²) in [6.07, 6.45) is 1.09. The number of hydrogen-bond acceptors (Lipinski definition) is 4. The first-order valence-electron chi connectivity index (χ1n) is 4.30. The number of nitrogens with one attached hydrogen (secondary N) is 1. The molecule has 2 nitrogen and oxygen atoms in total. The molecule has 0 aromatic carbocycles. The van der Waals surface area contributed by atoms with E-state index < -0.39 is 0 Å². The van der Waals surface area contributed by atoms with Crippen LogP contribution in [-0.2, 0) is 0 Å².